The molecule has 12 heteroatoms. The Balaban J connectivity index is 1.66. The van der Waals surface area contributed by atoms with E-state index in [1.54, 1.807) is 36.5 Å². The second-order valence-electron chi connectivity index (χ2n) is 8.38. The predicted octanol–water partition coefficient (Wildman–Crippen LogP) is 3.97. The van der Waals surface area contributed by atoms with Crippen molar-refractivity contribution in [3.63, 3.8) is 0 Å². The van der Waals surface area contributed by atoms with Crippen molar-refractivity contribution in [3.05, 3.63) is 110 Å². The minimum atomic E-state index is -4.56. The van der Waals surface area contributed by atoms with Gasteiger partial charge in [0.15, 0.2) is 5.82 Å². The molecule has 4 aromatic rings. The summed E-state index contributed by atoms with van der Waals surface area (Å²) >= 11 is 6.09. The summed E-state index contributed by atoms with van der Waals surface area (Å²) in [6, 6.07) is 13.1. The van der Waals surface area contributed by atoms with Gasteiger partial charge in [0.25, 0.3) is 0 Å². The largest absolute Gasteiger partial charge is 0.433 e. The maximum atomic E-state index is 13.4. The molecule has 1 aliphatic rings. The molecule has 0 amide bonds. The Hall–Kier alpha value is -4.43. The minimum absolute atomic E-state index is 0.0855. The molecule has 3 aromatic heterocycles. The van der Waals surface area contributed by atoms with Crippen molar-refractivity contribution in [3.8, 4) is 6.07 Å². The van der Waals surface area contributed by atoms with Gasteiger partial charge < -0.3 is 5.01 Å². The standard InChI is InChI=1S/C25H17ClF3N7O/c1-34-14-20(17-3-5-19(26)6-4-17)22(18-8-16(9-30)10-31-12-18)23-33-35(24(37)36(23)34)13-15-2-7-21(32-11-15)25(27,28)29/h2-8,10-12H,13-14H2,1H3. The Labute approximate surface area is 213 Å². The fraction of sp³-hybridized carbons (Fsp3) is 0.160. The quantitative estimate of drug-likeness (QED) is 0.402. The number of fused-ring (bicyclic) bond motifs is 1. The SMILES string of the molecule is CN1CC(c2ccc(Cl)cc2)=C(c2cncc(C#N)c2)c2nn(Cc3ccc(C(F)(F)F)nc3)c(=O)n21. The van der Waals surface area contributed by atoms with Gasteiger partial charge in [-0.25, -0.2) is 9.48 Å². The Bertz CT molecular complexity index is 1610. The highest BCUT2D eigenvalue weighted by atomic mass is 35.5. The summed E-state index contributed by atoms with van der Waals surface area (Å²) in [6.45, 7) is 0.242. The van der Waals surface area contributed by atoms with E-state index in [0.717, 1.165) is 23.4 Å². The third kappa shape index (κ3) is 4.59. The van der Waals surface area contributed by atoms with Gasteiger partial charge in [0, 0.05) is 41.8 Å². The molecular weight excluding hydrogens is 507 g/mol. The van der Waals surface area contributed by atoms with Crippen LogP contribution < -0.4 is 10.7 Å². The molecule has 8 nitrogen and oxygen atoms in total. The van der Waals surface area contributed by atoms with Crippen LogP contribution >= 0.6 is 11.6 Å². The number of alkyl halides is 3. The molecule has 0 radical (unpaired) electrons. The van der Waals surface area contributed by atoms with E-state index in [1.165, 1.54) is 21.6 Å². The van der Waals surface area contributed by atoms with Crippen LogP contribution in [0, 0.1) is 11.3 Å². The molecule has 5 rings (SSSR count). The highest BCUT2D eigenvalue weighted by Gasteiger charge is 2.32. The van der Waals surface area contributed by atoms with Gasteiger partial charge in [0.2, 0.25) is 0 Å². The first-order chi connectivity index (χ1) is 17.7. The van der Waals surface area contributed by atoms with Crippen LogP contribution in [-0.2, 0) is 12.7 Å². The monoisotopic (exact) mass is 523 g/mol. The molecule has 0 N–H and O–H groups in total. The summed E-state index contributed by atoms with van der Waals surface area (Å²) in [4.78, 5) is 21.0. The van der Waals surface area contributed by atoms with Crippen molar-refractivity contribution in [2.75, 3.05) is 18.6 Å². The average Bonchev–Trinajstić information content (AvgIpc) is 3.20. The molecule has 0 spiro atoms. The normalized spacial score (nSPS) is 13.5. The molecule has 0 atom stereocenters. The molecule has 0 bridgehead atoms. The fourth-order valence-corrected chi connectivity index (χ4v) is 4.29. The topological polar surface area (TPSA) is 92.6 Å². The van der Waals surface area contributed by atoms with E-state index in [0.29, 0.717) is 39.7 Å². The number of hydrogen-bond donors (Lipinski definition) is 0. The van der Waals surface area contributed by atoms with Crippen LogP contribution in [0.25, 0.3) is 11.1 Å². The maximum Gasteiger partial charge on any atom is 0.433 e. The lowest BCUT2D eigenvalue weighted by molar-refractivity contribution is -0.141. The van der Waals surface area contributed by atoms with Gasteiger partial charge in [-0.05, 0) is 41.0 Å². The number of benzene rings is 1. The Morgan fingerprint density at radius 1 is 1.08 bits per heavy atom. The summed E-state index contributed by atoms with van der Waals surface area (Å²) in [5.74, 6) is 0.306. The second-order valence-corrected chi connectivity index (χ2v) is 8.81. The Kier molecular flexibility index (Phi) is 6.05. The number of nitrogens with zero attached hydrogens (tertiary/aromatic N) is 7. The minimum Gasteiger partial charge on any atom is -0.305 e. The van der Waals surface area contributed by atoms with E-state index in [1.807, 2.05) is 12.1 Å². The van der Waals surface area contributed by atoms with E-state index >= 15 is 0 Å². The Morgan fingerprint density at radius 2 is 1.84 bits per heavy atom. The van der Waals surface area contributed by atoms with Crippen LogP contribution in [0.15, 0.2) is 65.8 Å². The van der Waals surface area contributed by atoms with Crippen LogP contribution in [0.4, 0.5) is 13.2 Å². The molecule has 37 heavy (non-hydrogen) atoms. The van der Waals surface area contributed by atoms with Crippen molar-refractivity contribution < 1.29 is 13.2 Å². The van der Waals surface area contributed by atoms with Crippen molar-refractivity contribution >= 4 is 22.7 Å². The molecule has 0 saturated heterocycles. The van der Waals surface area contributed by atoms with E-state index in [2.05, 4.69) is 21.1 Å². The lowest BCUT2D eigenvalue weighted by Gasteiger charge is -2.29. The van der Waals surface area contributed by atoms with Gasteiger partial charge in [0.1, 0.15) is 11.8 Å². The molecule has 0 aliphatic carbocycles. The van der Waals surface area contributed by atoms with E-state index in [-0.39, 0.29) is 6.54 Å². The molecule has 1 aliphatic heterocycles. The van der Waals surface area contributed by atoms with Gasteiger partial charge in [-0.15, -0.1) is 5.10 Å². The third-order valence-corrected chi connectivity index (χ3v) is 6.12. The summed E-state index contributed by atoms with van der Waals surface area (Å²) in [6.07, 6.45) is -0.460. The fourth-order valence-electron chi connectivity index (χ4n) is 4.17. The second kappa shape index (κ2) is 9.22. The number of pyridine rings is 2. The lowest BCUT2D eigenvalue weighted by Crippen LogP contribution is -2.44. The lowest BCUT2D eigenvalue weighted by atomic mass is 9.93. The number of hydrogen-bond acceptors (Lipinski definition) is 6. The zero-order valence-corrected chi connectivity index (χ0v) is 20.0. The van der Waals surface area contributed by atoms with Crippen LogP contribution in [0.5, 0.6) is 0 Å². The molecule has 0 saturated carbocycles. The highest BCUT2D eigenvalue weighted by Crippen LogP contribution is 2.35. The van der Waals surface area contributed by atoms with E-state index < -0.39 is 17.6 Å². The number of aromatic nitrogens is 5. The zero-order valence-electron chi connectivity index (χ0n) is 19.2. The summed E-state index contributed by atoms with van der Waals surface area (Å²) < 4.78 is 41.2. The van der Waals surface area contributed by atoms with Crippen LogP contribution in [0.3, 0.4) is 0 Å². The molecule has 186 valence electrons. The Morgan fingerprint density at radius 3 is 2.49 bits per heavy atom. The van der Waals surface area contributed by atoms with Crippen molar-refractivity contribution in [1.82, 2.24) is 24.4 Å². The van der Waals surface area contributed by atoms with Crippen molar-refractivity contribution in [1.29, 1.82) is 5.26 Å². The van der Waals surface area contributed by atoms with E-state index in [4.69, 9.17) is 11.6 Å². The average molecular weight is 524 g/mol. The molecular formula is C25H17ClF3N7O. The van der Waals surface area contributed by atoms with E-state index in [9.17, 15) is 23.2 Å². The number of rotatable bonds is 4. The summed E-state index contributed by atoms with van der Waals surface area (Å²) in [5, 5.41) is 16.2. The van der Waals surface area contributed by atoms with Crippen LogP contribution in [-0.4, -0.2) is 38.0 Å². The van der Waals surface area contributed by atoms with Gasteiger partial charge >= 0.3 is 11.9 Å². The number of likely N-dealkylation sites (N-methyl/N-ethyl adjacent to an activating group) is 1. The highest BCUT2D eigenvalue weighted by molar-refractivity contribution is 6.30. The summed E-state index contributed by atoms with van der Waals surface area (Å²) in [5.41, 5.74) is 2.08. The van der Waals surface area contributed by atoms with Gasteiger partial charge in [-0.1, -0.05) is 29.8 Å². The summed E-state index contributed by atoms with van der Waals surface area (Å²) in [7, 11) is 1.73. The van der Waals surface area contributed by atoms with Crippen molar-refractivity contribution in [2.45, 2.75) is 12.7 Å². The predicted molar refractivity (Wildman–Crippen MR) is 130 cm³/mol. The van der Waals surface area contributed by atoms with Gasteiger partial charge in [-0.3, -0.25) is 9.97 Å². The van der Waals surface area contributed by atoms with Crippen molar-refractivity contribution in [2.24, 2.45) is 0 Å². The molecule has 0 fully saturated rings. The van der Waals surface area contributed by atoms with Gasteiger partial charge in [-0.2, -0.15) is 23.1 Å². The van der Waals surface area contributed by atoms with Crippen LogP contribution in [0.1, 0.15) is 33.8 Å². The molecule has 4 heterocycles. The molecule has 1 aromatic carbocycles. The maximum absolute atomic E-state index is 13.4. The molecule has 0 unspecified atom stereocenters. The van der Waals surface area contributed by atoms with Gasteiger partial charge in [0.05, 0.1) is 18.7 Å². The third-order valence-electron chi connectivity index (χ3n) is 5.87. The van der Waals surface area contributed by atoms with Crippen LogP contribution in [0.2, 0.25) is 5.02 Å². The smallest absolute Gasteiger partial charge is 0.305 e. The zero-order chi connectivity index (χ0) is 26.3. The first-order valence-corrected chi connectivity index (χ1v) is 11.3. The first kappa shape index (κ1) is 24.3. The number of halogens is 4. The number of nitriles is 1. The first-order valence-electron chi connectivity index (χ1n) is 10.9.